The molecule has 0 unspecified atom stereocenters. The molecule has 0 spiro atoms. The van der Waals surface area contributed by atoms with Crippen LogP contribution in [-0.4, -0.2) is 20.0 Å². The van der Waals surface area contributed by atoms with E-state index < -0.39 is 11.6 Å². The van der Waals surface area contributed by atoms with Crippen molar-refractivity contribution in [1.82, 2.24) is 0 Å². The van der Waals surface area contributed by atoms with E-state index in [0.29, 0.717) is 28.6 Å². The number of allylic oxidation sites excluding steroid dienone is 1. The Hall–Kier alpha value is -3.61. The molecule has 5 nitrogen and oxygen atoms in total. The molecule has 0 atom stereocenters. The van der Waals surface area contributed by atoms with Gasteiger partial charge >= 0.3 is 0 Å². The Kier molecular flexibility index (Phi) is 6.29. The Bertz CT molecular complexity index is 1040. The highest BCUT2D eigenvalue weighted by atomic mass is 19.1. The molecule has 0 N–H and O–H groups in total. The van der Waals surface area contributed by atoms with Crippen molar-refractivity contribution < 1.29 is 32.2 Å². The topological polar surface area (TPSA) is 57.9 Å². The number of benzene rings is 2. The first-order valence-electron chi connectivity index (χ1n) is 8.61. The van der Waals surface area contributed by atoms with Crippen LogP contribution < -0.4 is 14.2 Å². The second kappa shape index (κ2) is 9.05. The number of halogens is 2. The molecule has 0 fully saturated rings. The summed E-state index contributed by atoms with van der Waals surface area (Å²) in [7, 11) is 3.01. The smallest absolute Gasteiger partial charge is 0.186 e. The molecule has 3 rings (SSSR count). The molecule has 0 aliphatic heterocycles. The fourth-order valence-corrected chi connectivity index (χ4v) is 2.55. The number of ether oxygens (including phenoxy) is 3. The van der Waals surface area contributed by atoms with Gasteiger partial charge in [0.25, 0.3) is 0 Å². The molecule has 0 radical (unpaired) electrons. The lowest BCUT2D eigenvalue weighted by atomic mass is 10.1. The zero-order valence-electron chi connectivity index (χ0n) is 15.8. The van der Waals surface area contributed by atoms with Gasteiger partial charge in [0.2, 0.25) is 0 Å². The van der Waals surface area contributed by atoms with E-state index in [2.05, 4.69) is 0 Å². The summed E-state index contributed by atoms with van der Waals surface area (Å²) in [6.45, 7) is -0.0416. The predicted octanol–water partition coefficient (Wildman–Crippen LogP) is 5.05. The van der Waals surface area contributed by atoms with Crippen LogP contribution in [-0.2, 0) is 6.61 Å². The number of methoxy groups -OCH3 is 2. The molecule has 0 bridgehead atoms. The summed E-state index contributed by atoms with van der Waals surface area (Å²) in [5.74, 6) is 0.0381. The van der Waals surface area contributed by atoms with Crippen molar-refractivity contribution in [2.24, 2.45) is 0 Å². The molecular weight excluding hydrogens is 382 g/mol. The molecule has 0 saturated heterocycles. The molecule has 29 heavy (non-hydrogen) atoms. The van der Waals surface area contributed by atoms with Gasteiger partial charge in [-0.15, -0.1) is 0 Å². The summed E-state index contributed by atoms with van der Waals surface area (Å²) in [4.78, 5) is 12.3. The number of carbonyl (C=O) groups is 1. The summed E-state index contributed by atoms with van der Waals surface area (Å²) in [5, 5.41) is 0. The third-order valence-corrected chi connectivity index (χ3v) is 4.01. The van der Waals surface area contributed by atoms with Gasteiger partial charge in [0.1, 0.15) is 23.9 Å². The van der Waals surface area contributed by atoms with Gasteiger partial charge in [0.15, 0.2) is 28.8 Å². The Morgan fingerprint density at radius 3 is 2.45 bits per heavy atom. The van der Waals surface area contributed by atoms with E-state index in [1.807, 2.05) is 0 Å². The minimum Gasteiger partial charge on any atom is -0.493 e. The van der Waals surface area contributed by atoms with E-state index in [4.69, 9.17) is 18.6 Å². The maximum atomic E-state index is 13.6. The van der Waals surface area contributed by atoms with Crippen LogP contribution in [0.1, 0.15) is 21.9 Å². The normalized spacial score (nSPS) is 10.9. The average molecular weight is 400 g/mol. The van der Waals surface area contributed by atoms with Crippen molar-refractivity contribution in [3.63, 3.8) is 0 Å². The van der Waals surface area contributed by atoms with E-state index in [1.165, 1.54) is 32.4 Å². The van der Waals surface area contributed by atoms with Crippen LogP contribution in [0.2, 0.25) is 0 Å². The van der Waals surface area contributed by atoms with Gasteiger partial charge in [-0.2, -0.15) is 0 Å². The molecule has 0 aliphatic carbocycles. The van der Waals surface area contributed by atoms with Crippen LogP contribution in [0.4, 0.5) is 8.78 Å². The third-order valence-electron chi connectivity index (χ3n) is 4.01. The van der Waals surface area contributed by atoms with Gasteiger partial charge in [0, 0.05) is 11.6 Å². The lowest BCUT2D eigenvalue weighted by Gasteiger charge is -2.07. The van der Waals surface area contributed by atoms with Crippen LogP contribution in [0, 0.1) is 11.6 Å². The standard InChI is InChI=1S/C22H18F2O5/c1-26-21-9-3-14(11-22(21)27-2)19(25)8-7-16-5-6-17(29-16)13-28-20-10-4-15(23)12-18(20)24/h3-12H,13H2,1-2H3/b8-7+. The van der Waals surface area contributed by atoms with Crippen LogP contribution >= 0.6 is 0 Å². The molecule has 2 aromatic carbocycles. The largest absolute Gasteiger partial charge is 0.493 e. The van der Waals surface area contributed by atoms with Gasteiger partial charge < -0.3 is 18.6 Å². The lowest BCUT2D eigenvalue weighted by molar-refractivity contribution is 0.104. The van der Waals surface area contributed by atoms with Crippen molar-refractivity contribution in [2.75, 3.05) is 14.2 Å². The fraction of sp³-hybridized carbons (Fsp3) is 0.136. The molecule has 0 aliphatic rings. The Labute approximate surface area is 166 Å². The van der Waals surface area contributed by atoms with Gasteiger partial charge in [0.05, 0.1) is 14.2 Å². The van der Waals surface area contributed by atoms with E-state index in [0.717, 1.165) is 12.1 Å². The highest BCUT2D eigenvalue weighted by Crippen LogP contribution is 2.28. The van der Waals surface area contributed by atoms with E-state index >= 15 is 0 Å². The second-order valence-corrected chi connectivity index (χ2v) is 5.93. The van der Waals surface area contributed by atoms with E-state index in [-0.39, 0.29) is 18.1 Å². The molecule has 1 aromatic heterocycles. The predicted molar refractivity (Wildman–Crippen MR) is 102 cm³/mol. The van der Waals surface area contributed by atoms with E-state index in [1.54, 1.807) is 30.3 Å². The maximum Gasteiger partial charge on any atom is 0.186 e. The van der Waals surface area contributed by atoms with Crippen LogP contribution in [0.15, 0.2) is 59.0 Å². The summed E-state index contributed by atoms with van der Waals surface area (Å²) in [5.41, 5.74) is 0.431. The van der Waals surface area contributed by atoms with Crippen molar-refractivity contribution in [3.8, 4) is 17.2 Å². The SMILES string of the molecule is COc1ccc(C(=O)/C=C/c2ccc(COc3ccc(F)cc3F)o2)cc1OC. The van der Waals surface area contributed by atoms with Crippen molar-refractivity contribution >= 4 is 11.9 Å². The molecule has 0 saturated carbocycles. The summed E-state index contributed by atoms with van der Waals surface area (Å²) < 4.78 is 47.6. The number of hydrogen-bond acceptors (Lipinski definition) is 5. The summed E-state index contributed by atoms with van der Waals surface area (Å²) in [6.07, 6.45) is 2.88. The second-order valence-electron chi connectivity index (χ2n) is 5.93. The van der Waals surface area contributed by atoms with Crippen molar-refractivity contribution in [1.29, 1.82) is 0 Å². The zero-order valence-corrected chi connectivity index (χ0v) is 15.8. The minimum atomic E-state index is -0.794. The summed E-state index contributed by atoms with van der Waals surface area (Å²) in [6, 6.07) is 11.2. The zero-order chi connectivity index (χ0) is 20.8. The van der Waals surface area contributed by atoms with Crippen LogP contribution in [0.3, 0.4) is 0 Å². The number of furan rings is 1. The highest BCUT2D eigenvalue weighted by Gasteiger charge is 2.10. The Morgan fingerprint density at radius 1 is 0.966 bits per heavy atom. The number of rotatable bonds is 8. The number of hydrogen-bond donors (Lipinski definition) is 0. The molecule has 1 heterocycles. The average Bonchev–Trinajstić information content (AvgIpc) is 3.18. The van der Waals surface area contributed by atoms with E-state index in [9.17, 15) is 13.6 Å². The fourth-order valence-electron chi connectivity index (χ4n) is 2.55. The van der Waals surface area contributed by atoms with Gasteiger partial charge in [-0.25, -0.2) is 8.78 Å². The quantitative estimate of drug-likeness (QED) is 0.391. The molecule has 0 amide bonds. The molecular formula is C22H18F2O5. The first-order chi connectivity index (χ1) is 14.0. The molecule has 150 valence electrons. The molecule has 3 aromatic rings. The van der Waals surface area contributed by atoms with Crippen LogP contribution in [0.5, 0.6) is 17.2 Å². The number of carbonyl (C=O) groups excluding carboxylic acids is 1. The summed E-state index contributed by atoms with van der Waals surface area (Å²) >= 11 is 0. The highest BCUT2D eigenvalue weighted by molar-refractivity contribution is 6.07. The Balaban J connectivity index is 1.63. The maximum absolute atomic E-state index is 13.6. The van der Waals surface area contributed by atoms with Gasteiger partial charge in [-0.3, -0.25) is 4.79 Å². The monoisotopic (exact) mass is 400 g/mol. The van der Waals surface area contributed by atoms with Crippen LogP contribution in [0.25, 0.3) is 6.08 Å². The Morgan fingerprint density at radius 2 is 1.72 bits per heavy atom. The first-order valence-corrected chi connectivity index (χ1v) is 8.61. The molecule has 7 heteroatoms. The van der Waals surface area contributed by atoms with Gasteiger partial charge in [-0.05, 0) is 54.6 Å². The van der Waals surface area contributed by atoms with Crippen molar-refractivity contribution in [2.45, 2.75) is 6.61 Å². The third kappa shape index (κ3) is 5.01. The van der Waals surface area contributed by atoms with Crippen molar-refractivity contribution in [3.05, 3.63) is 83.3 Å². The lowest BCUT2D eigenvalue weighted by Crippen LogP contribution is -1.97. The first kappa shape index (κ1) is 20.1. The van der Waals surface area contributed by atoms with Gasteiger partial charge in [-0.1, -0.05) is 0 Å². The number of ketones is 1. The minimum absolute atomic E-state index is 0.0416.